The lowest BCUT2D eigenvalue weighted by Gasteiger charge is -2.19. The van der Waals surface area contributed by atoms with Gasteiger partial charge in [0.1, 0.15) is 5.82 Å². The molecule has 4 aromatic rings. The zero-order chi connectivity index (χ0) is 22.0. The summed E-state index contributed by atoms with van der Waals surface area (Å²) in [5, 5.41) is 9.65. The summed E-state index contributed by atoms with van der Waals surface area (Å²) in [6.45, 7) is 6.59. The van der Waals surface area contributed by atoms with Gasteiger partial charge in [-0.25, -0.2) is 0 Å². The molecule has 4 N–H and O–H groups in total. The van der Waals surface area contributed by atoms with Crippen molar-refractivity contribution < 1.29 is 0 Å². The molecule has 9 heteroatoms. The first kappa shape index (κ1) is 20.8. The van der Waals surface area contributed by atoms with Crippen molar-refractivity contribution in [2.24, 2.45) is 0 Å². The number of nitrogen functional groups attached to an aromatic ring is 2. The van der Waals surface area contributed by atoms with Crippen LogP contribution in [-0.2, 0) is 11.2 Å². The Bertz CT molecular complexity index is 1160. The first-order valence-electron chi connectivity index (χ1n) is 9.82. The third-order valence-corrected chi connectivity index (χ3v) is 5.63. The van der Waals surface area contributed by atoms with Crippen molar-refractivity contribution >= 4 is 23.7 Å². The molecular formula is C22H24N8S. The Balaban J connectivity index is 1.71. The standard InChI is InChI=1S/C22H24N8S/c1-22(2,3)15-11-9-14(10-12-15)18-28-29-21(30(18)16-7-5-4-6-8-16)31-13-17-25-19(23)27-20(24)26-17/h4-12H,13H2,1-3H3,(H4,23,24,25,26,27). The van der Waals surface area contributed by atoms with E-state index >= 15 is 0 Å². The van der Waals surface area contributed by atoms with E-state index in [4.69, 9.17) is 11.5 Å². The van der Waals surface area contributed by atoms with Crippen molar-refractivity contribution in [2.45, 2.75) is 37.1 Å². The second-order valence-electron chi connectivity index (χ2n) is 8.06. The summed E-state index contributed by atoms with van der Waals surface area (Å²) >= 11 is 1.46. The molecule has 0 amide bonds. The fourth-order valence-corrected chi connectivity index (χ4v) is 3.94. The SMILES string of the molecule is CC(C)(C)c1ccc(-c2nnc(SCc3nc(N)nc(N)n3)n2-c2ccccc2)cc1. The van der Waals surface area contributed by atoms with Gasteiger partial charge in [0.05, 0.1) is 5.75 Å². The zero-order valence-corrected chi connectivity index (χ0v) is 18.5. The van der Waals surface area contributed by atoms with Crippen LogP contribution in [0.3, 0.4) is 0 Å². The summed E-state index contributed by atoms with van der Waals surface area (Å²) in [4.78, 5) is 12.1. The maximum absolute atomic E-state index is 5.69. The molecule has 0 unspecified atom stereocenters. The summed E-state index contributed by atoms with van der Waals surface area (Å²) in [6.07, 6.45) is 0. The highest BCUT2D eigenvalue weighted by Crippen LogP contribution is 2.31. The number of rotatable bonds is 5. The van der Waals surface area contributed by atoms with Crippen molar-refractivity contribution in [3.63, 3.8) is 0 Å². The topological polar surface area (TPSA) is 121 Å². The van der Waals surface area contributed by atoms with Crippen LogP contribution in [0.2, 0.25) is 0 Å². The highest BCUT2D eigenvalue weighted by Gasteiger charge is 2.18. The van der Waals surface area contributed by atoms with Crippen LogP contribution in [0.4, 0.5) is 11.9 Å². The third-order valence-electron chi connectivity index (χ3n) is 4.70. The first-order valence-corrected chi connectivity index (χ1v) is 10.8. The highest BCUT2D eigenvalue weighted by molar-refractivity contribution is 7.98. The zero-order valence-electron chi connectivity index (χ0n) is 17.6. The molecule has 0 saturated carbocycles. The molecule has 8 nitrogen and oxygen atoms in total. The third kappa shape index (κ3) is 4.66. The Morgan fingerprint density at radius 1 is 0.839 bits per heavy atom. The van der Waals surface area contributed by atoms with Crippen LogP contribution in [0.1, 0.15) is 32.2 Å². The summed E-state index contributed by atoms with van der Waals surface area (Å²) < 4.78 is 2.03. The molecule has 0 bridgehead atoms. The first-order chi connectivity index (χ1) is 14.8. The number of thioether (sulfide) groups is 1. The molecule has 0 aliphatic carbocycles. The fraction of sp³-hybridized carbons (Fsp3) is 0.227. The summed E-state index contributed by atoms with van der Waals surface area (Å²) in [5.41, 5.74) is 14.7. The minimum absolute atomic E-state index is 0.0842. The largest absolute Gasteiger partial charge is 0.368 e. The molecule has 2 aromatic carbocycles. The lowest BCUT2D eigenvalue weighted by molar-refractivity contribution is 0.590. The maximum Gasteiger partial charge on any atom is 0.225 e. The molecule has 4 rings (SSSR count). The number of hydrogen-bond donors (Lipinski definition) is 2. The Kier molecular flexibility index (Phi) is 5.60. The second kappa shape index (κ2) is 8.35. The Morgan fingerprint density at radius 3 is 2.10 bits per heavy atom. The number of anilines is 2. The molecule has 0 aliphatic rings. The Labute approximate surface area is 185 Å². The number of hydrogen-bond acceptors (Lipinski definition) is 8. The van der Waals surface area contributed by atoms with Crippen molar-refractivity contribution in [3.8, 4) is 17.1 Å². The number of nitrogens with zero attached hydrogens (tertiary/aromatic N) is 6. The normalized spacial score (nSPS) is 11.6. The maximum atomic E-state index is 5.69. The predicted octanol–water partition coefficient (Wildman–Crippen LogP) is 3.87. The van der Waals surface area contributed by atoms with Crippen molar-refractivity contribution in [1.82, 2.24) is 29.7 Å². The van der Waals surface area contributed by atoms with E-state index in [1.165, 1.54) is 17.3 Å². The van der Waals surface area contributed by atoms with Crippen LogP contribution in [0, 0.1) is 0 Å². The Morgan fingerprint density at radius 2 is 1.48 bits per heavy atom. The summed E-state index contributed by atoms with van der Waals surface area (Å²) in [6, 6.07) is 18.5. The van der Waals surface area contributed by atoms with Gasteiger partial charge in [0, 0.05) is 11.3 Å². The van der Waals surface area contributed by atoms with Crippen LogP contribution in [-0.4, -0.2) is 29.7 Å². The molecule has 0 saturated heterocycles. The van der Waals surface area contributed by atoms with E-state index in [0.717, 1.165) is 22.2 Å². The predicted molar refractivity (Wildman–Crippen MR) is 124 cm³/mol. The smallest absolute Gasteiger partial charge is 0.225 e. The van der Waals surface area contributed by atoms with Crippen LogP contribution < -0.4 is 11.5 Å². The van der Waals surface area contributed by atoms with Gasteiger partial charge in [0.2, 0.25) is 11.9 Å². The Hall–Kier alpha value is -3.46. The van der Waals surface area contributed by atoms with E-state index < -0.39 is 0 Å². The van der Waals surface area contributed by atoms with Gasteiger partial charge in [-0.15, -0.1) is 10.2 Å². The van der Waals surface area contributed by atoms with Gasteiger partial charge in [-0.3, -0.25) is 4.57 Å². The van der Waals surface area contributed by atoms with Gasteiger partial charge in [-0.2, -0.15) is 15.0 Å². The van der Waals surface area contributed by atoms with Crippen LogP contribution in [0.25, 0.3) is 17.1 Å². The molecule has 2 aromatic heterocycles. The lowest BCUT2D eigenvalue weighted by atomic mass is 9.87. The average molecular weight is 433 g/mol. The molecule has 0 spiro atoms. The van der Waals surface area contributed by atoms with E-state index in [2.05, 4.69) is 70.2 Å². The molecule has 0 atom stereocenters. The number of para-hydroxylation sites is 1. The van der Waals surface area contributed by atoms with Crippen LogP contribution in [0.15, 0.2) is 59.8 Å². The van der Waals surface area contributed by atoms with E-state index in [1.807, 2.05) is 34.9 Å². The van der Waals surface area contributed by atoms with E-state index in [0.29, 0.717) is 11.6 Å². The molecule has 0 aliphatic heterocycles. The number of nitrogens with two attached hydrogens (primary N) is 2. The minimum Gasteiger partial charge on any atom is -0.368 e. The van der Waals surface area contributed by atoms with Crippen molar-refractivity contribution in [2.75, 3.05) is 11.5 Å². The van der Waals surface area contributed by atoms with Crippen molar-refractivity contribution in [3.05, 3.63) is 66.0 Å². The minimum atomic E-state index is 0.0842. The lowest BCUT2D eigenvalue weighted by Crippen LogP contribution is -2.10. The summed E-state index contributed by atoms with van der Waals surface area (Å²) in [5.74, 6) is 1.90. The van der Waals surface area contributed by atoms with Crippen molar-refractivity contribution in [1.29, 1.82) is 0 Å². The average Bonchev–Trinajstić information content (AvgIpc) is 3.16. The van der Waals surface area contributed by atoms with Gasteiger partial charge >= 0.3 is 0 Å². The molecule has 158 valence electrons. The number of aromatic nitrogens is 6. The van der Waals surface area contributed by atoms with Crippen LogP contribution in [0.5, 0.6) is 0 Å². The summed E-state index contributed by atoms with van der Waals surface area (Å²) in [7, 11) is 0. The van der Waals surface area contributed by atoms with Gasteiger partial charge in [-0.1, -0.05) is 75.0 Å². The quantitative estimate of drug-likeness (QED) is 0.456. The van der Waals surface area contributed by atoms with Gasteiger partial charge in [-0.05, 0) is 23.1 Å². The fourth-order valence-electron chi connectivity index (χ4n) is 3.13. The molecule has 0 radical (unpaired) electrons. The molecule has 31 heavy (non-hydrogen) atoms. The van der Waals surface area contributed by atoms with E-state index in [-0.39, 0.29) is 17.3 Å². The van der Waals surface area contributed by atoms with Gasteiger partial charge < -0.3 is 11.5 Å². The highest BCUT2D eigenvalue weighted by atomic mass is 32.2. The molecule has 2 heterocycles. The van der Waals surface area contributed by atoms with Gasteiger partial charge in [0.25, 0.3) is 0 Å². The molecule has 0 fully saturated rings. The van der Waals surface area contributed by atoms with E-state index in [1.54, 1.807) is 0 Å². The second-order valence-corrected chi connectivity index (χ2v) is 9.00. The number of benzene rings is 2. The monoisotopic (exact) mass is 432 g/mol. The van der Waals surface area contributed by atoms with Crippen LogP contribution >= 0.6 is 11.8 Å². The van der Waals surface area contributed by atoms with Gasteiger partial charge in [0.15, 0.2) is 11.0 Å². The van der Waals surface area contributed by atoms with E-state index in [9.17, 15) is 0 Å². The molecular weight excluding hydrogens is 408 g/mol.